The minimum atomic E-state index is -1.15. The molecule has 20 heavy (non-hydrogen) atoms. The summed E-state index contributed by atoms with van der Waals surface area (Å²) in [6.45, 7) is 2.37. The Morgan fingerprint density at radius 2 is 2.00 bits per heavy atom. The Morgan fingerprint density at radius 3 is 2.70 bits per heavy atom. The number of hydrogen-bond donors (Lipinski definition) is 1. The number of benzene rings is 2. The average Bonchev–Trinajstić information content (AvgIpc) is 2.45. The van der Waals surface area contributed by atoms with Gasteiger partial charge in [-0.2, -0.15) is 5.26 Å². The third-order valence-electron chi connectivity index (χ3n) is 2.63. The maximum atomic E-state index is 13.8. The lowest BCUT2D eigenvalue weighted by molar-refractivity contribution is 0.340. The van der Waals surface area contributed by atoms with Crippen LogP contribution in [0.15, 0.2) is 36.4 Å². The number of ether oxygens (including phenoxy) is 1. The number of nitrogens with zero attached hydrogens (tertiary/aromatic N) is 1. The average molecular weight is 274 g/mol. The van der Waals surface area contributed by atoms with E-state index in [0.717, 1.165) is 0 Å². The van der Waals surface area contributed by atoms with E-state index in [1.54, 1.807) is 30.3 Å². The van der Waals surface area contributed by atoms with Crippen molar-refractivity contribution in [1.82, 2.24) is 0 Å². The molecule has 0 atom stereocenters. The molecular weight excluding hydrogens is 262 g/mol. The fraction of sp³-hybridized carbons (Fsp3) is 0.133. The van der Waals surface area contributed by atoms with E-state index in [-0.39, 0.29) is 11.3 Å². The Morgan fingerprint density at radius 1 is 1.20 bits per heavy atom. The summed E-state index contributed by atoms with van der Waals surface area (Å²) in [6.07, 6.45) is 0. The molecule has 5 heteroatoms. The predicted octanol–water partition coefficient (Wildman–Crippen LogP) is 3.98. The van der Waals surface area contributed by atoms with Gasteiger partial charge >= 0.3 is 0 Å². The first-order valence-corrected chi connectivity index (χ1v) is 6.03. The molecule has 0 aliphatic heterocycles. The summed E-state index contributed by atoms with van der Waals surface area (Å²) in [5.41, 5.74) is 0.213. The van der Waals surface area contributed by atoms with Crippen molar-refractivity contribution in [3.05, 3.63) is 53.6 Å². The molecule has 3 nitrogen and oxygen atoms in total. The molecule has 0 radical (unpaired) electrons. The summed E-state index contributed by atoms with van der Waals surface area (Å²) in [7, 11) is 0. The zero-order valence-corrected chi connectivity index (χ0v) is 10.8. The normalized spacial score (nSPS) is 9.90. The van der Waals surface area contributed by atoms with Crippen LogP contribution in [0.2, 0.25) is 0 Å². The first kappa shape index (κ1) is 13.8. The van der Waals surface area contributed by atoms with E-state index in [0.29, 0.717) is 18.0 Å². The second-order valence-corrected chi connectivity index (χ2v) is 3.99. The standard InChI is InChI=1S/C15H12F2N2O/c1-2-20-12-5-3-4-11(8-12)19-13-7-6-10(9-18)14(16)15(13)17/h3-8,19H,2H2,1H3. The number of nitriles is 1. The lowest BCUT2D eigenvalue weighted by Gasteiger charge is -2.10. The van der Waals surface area contributed by atoms with Crippen LogP contribution in [-0.4, -0.2) is 6.61 Å². The van der Waals surface area contributed by atoms with Crippen LogP contribution in [0.25, 0.3) is 0 Å². The number of anilines is 2. The van der Waals surface area contributed by atoms with Crippen LogP contribution in [0.3, 0.4) is 0 Å². The van der Waals surface area contributed by atoms with Gasteiger partial charge in [0.2, 0.25) is 0 Å². The van der Waals surface area contributed by atoms with Gasteiger partial charge in [0.1, 0.15) is 11.8 Å². The van der Waals surface area contributed by atoms with Gasteiger partial charge in [0.25, 0.3) is 0 Å². The highest BCUT2D eigenvalue weighted by Gasteiger charge is 2.13. The molecular formula is C15H12F2N2O. The van der Waals surface area contributed by atoms with Gasteiger partial charge in [0.05, 0.1) is 17.9 Å². The Balaban J connectivity index is 2.29. The van der Waals surface area contributed by atoms with E-state index in [1.165, 1.54) is 12.1 Å². The van der Waals surface area contributed by atoms with Crippen LogP contribution in [0.5, 0.6) is 5.75 Å². The molecule has 0 amide bonds. The maximum Gasteiger partial charge on any atom is 0.183 e. The van der Waals surface area contributed by atoms with Gasteiger partial charge in [-0.05, 0) is 31.2 Å². The van der Waals surface area contributed by atoms with Crippen molar-refractivity contribution in [2.75, 3.05) is 11.9 Å². The first-order valence-electron chi connectivity index (χ1n) is 6.03. The van der Waals surface area contributed by atoms with Gasteiger partial charge in [-0.3, -0.25) is 0 Å². The molecule has 0 heterocycles. The van der Waals surface area contributed by atoms with Crippen molar-refractivity contribution in [1.29, 1.82) is 5.26 Å². The lowest BCUT2D eigenvalue weighted by atomic mass is 10.2. The van der Waals surface area contributed by atoms with E-state index < -0.39 is 11.6 Å². The zero-order valence-electron chi connectivity index (χ0n) is 10.8. The molecule has 0 saturated heterocycles. The number of halogens is 2. The molecule has 0 aliphatic rings. The summed E-state index contributed by atoms with van der Waals surface area (Å²) < 4.78 is 32.6. The quantitative estimate of drug-likeness (QED) is 0.917. The van der Waals surface area contributed by atoms with Crippen molar-refractivity contribution < 1.29 is 13.5 Å². The topological polar surface area (TPSA) is 45.0 Å². The summed E-state index contributed by atoms with van der Waals surface area (Å²) in [6, 6.07) is 11.0. The van der Waals surface area contributed by atoms with Gasteiger partial charge in [-0.15, -0.1) is 0 Å². The van der Waals surface area contributed by atoms with Crippen molar-refractivity contribution in [3.63, 3.8) is 0 Å². The second-order valence-electron chi connectivity index (χ2n) is 3.99. The predicted molar refractivity (Wildman–Crippen MR) is 72.0 cm³/mol. The monoisotopic (exact) mass is 274 g/mol. The van der Waals surface area contributed by atoms with Crippen LogP contribution in [0.1, 0.15) is 12.5 Å². The SMILES string of the molecule is CCOc1cccc(Nc2ccc(C#N)c(F)c2F)c1. The van der Waals surface area contributed by atoms with Crippen molar-refractivity contribution in [2.45, 2.75) is 6.92 Å². The number of hydrogen-bond acceptors (Lipinski definition) is 3. The van der Waals surface area contributed by atoms with Gasteiger partial charge in [-0.1, -0.05) is 6.07 Å². The number of rotatable bonds is 4. The summed E-state index contributed by atoms with van der Waals surface area (Å²) in [4.78, 5) is 0. The molecule has 2 rings (SSSR count). The largest absolute Gasteiger partial charge is 0.494 e. The first-order chi connectivity index (χ1) is 9.65. The highest BCUT2D eigenvalue weighted by Crippen LogP contribution is 2.25. The van der Waals surface area contributed by atoms with Crippen molar-refractivity contribution in [3.8, 4) is 11.8 Å². The smallest absolute Gasteiger partial charge is 0.183 e. The Hall–Kier alpha value is -2.61. The fourth-order valence-electron chi connectivity index (χ4n) is 1.72. The Kier molecular flexibility index (Phi) is 4.16. The minimum absolute atomic E-state index is 0.0323. The van der Waals surface area contributed by atoms with E-state index in [2.05, 4.69) is 5.32 Å². The Bertz CT molecular complexity index is 665. The van der Waals surface area contributed by atoms with Crippen LogP contribution in [0.4, 0.5) is 20.2 Å². The molecule has 0 aliphatic carbocycles. The molecule has 0 bridgehead atoms. The summed E-state index contributed by atoms with van der Waals surface area (Å²) in [5, 5.41) is 11.4. The van der Waals surface area contributed by atoms with Crippen molar-refractivity contribution >= 4 is 11.4 Å². The molecule has 1 N–H and O–H groups in total. The summed E-state index contributed by atoms with van der Waals surface area (Å²) >= 11 is 0. The molecule has 2 aromatic carbocycles. The highest BCUT2D eigenvalue weighted by atomic mass is 19.2. The molecule has 0 fully saturated rings. The zero-order chi connectivity index (χ0) is 14.5. The van der Waals surface area contributed by atoms with Crippen LogP contribution >= 0.6 is 0 Å². The molecule has 0 spiro atoms. The molecule has 102 valence electrons. The molecule has 2 aromatic rings. The molecule has 0 saturated carbocycles. The van der Waals surface area contributed by atoms with Crippen LogP contribution in [-0.2, 0) is 0 Å². The van der Waals surface area contributed by atoms with E-state index in [9.17, 15) is 8.78 Å². The minimum Gasteiger partial charge on any atom is -0.494 e. The van der Waals surface area contributed by atoms with Crippen LogP contribution < -0.4 is 10.1 Å². The van der Waals surface area contributed by atoms with Gasteiger partial charge in [0.15, 0.2) is 11.6 Å². The fourth-order valence-corrected chi connectivity index (χ4v) is 1.72. The summed E-state index contributed by atoms with van der Waals surface area (Å²) in [5.74, 6) is -1.60. The van der Waals surface area contributed by atoms with E-state index >= 15 is 0 Å². The molecule has 0 unspecified atom stereocenters. The van der Waals surface area contributed by atoms with Crippen LogP contribution in [0, 0.1) is 23.0 Å². The van der Waals surface area contributed by atoms with Gasteiger partial charge < -0.3 is 10.1 Å². The van der Waals surface area contributed by atoms with Gasteiger partial charge in [0, 0.05) is 11.8 Å². The second kappa shape index (κ2) is 6.02. The number of nitrogens with one attached hydrogen (secondary N) is 1. The highest BCUT2D eigenvalue weighted by molar-refractivity contribution is 5.62. The van der Waals surface area contributed by atoms with E-state index in [1.807, 2.05) is 6.92 Å². The van der Waals surface area contributed by atoms with E-state index in [4.69, 9.17) is 10.00 Å². The van der Waals surface area contributed by atoms with Gasteiger partial charge in [-0.25, -0.2) is 8.78 Å². The third kappa shape index (κ3) is 2.86. The lowest BCUT2D eigenvalue weighted by Crippen LogP contribution is -1.99. The van der Waals surface area contributed by atoms with Crippen molar-refractivity contribution in [2.24, 2.45) is 0 Å². The maximum absolute atomic E-state index is 13.8. The Labute approximate surface area is 115 Å². The molecule has 0 aromatic heterocycles. The third-order valence-corrected chi connectivity index (χ3v) is 2.63.